The molecule has 2 heteroatoms. The fourth-order valence-electron chi connectivity index (χ4n) is 1.63. The molecule has 0 fully saturated rings. The summed E-state index contributed by atoms with van der Waals surface area (Å²) in [4.78, 5) is 24.1. The zero-order chi connectivity index (χ0) is 13.0. The lowest BCUT2D eigenvalue weighted by molar-refractivity contribution is 0.0963. The molecule has 2 aromatic rings. The van der Waals surface area contributed by atoms with Gasteiger partial charge in [0, 0.05) is 11.1 Å². The van der Waals surface area contributed by atoms with E-state index in [0.717, 1.165) is 0 Å². The van der Waals surface area contributed by atoms with Crippen molar-refractivity contribution < 1.29 is 9.59 Å². The highest BCUT2D eigenvalue weighted by Crippen LogP contribution is 2.12. The first-order valence-corrected chi connectivity index (χ1v) is 5.58. The second-order valence-corrected chi connectivity index (χ2v) is 3.87. The highest BCUT2D eigenvalue weighted by Gasteiger charge is 2.18. The Morgan fingerprint density at radius 1 is 0.667 bits per heavy atom. The summed E-state index contributed by atoms with van der Waals surface area (Å²) >= 11 is 0. The molecule has 0 bridgehead atoms. The fourth-order valence-corrected chi connectivity index (χ4v) is 1.63. The van der Waals surface area contributed by atoms with E-state index in [9.17, 15) is 9.59 Å². The molecule has 0 aliphatic carbocycles. The van der Waals surface area contributed by atoms with Gasteiger partial charge in [0.25, 0.3) is 0 Å². The molecule has 0 spiro atoms. The molecule has 2 rings (SSSR count). The van der Waals surface area contributed by atoms with Crippen molar-refractivity contribution in [3.63, 3.8) is 0 Å². The normalized spacial score (nSPS) is 9.78. The Morgan fingerprint density at radius 2 is 1.00 bits per heavy atom. The summed E-state index contributed by atoms with van der Waals surface area (Å²) in [6.45, 7) is 3.61. The van der Waals surface area contributed by atoms with Crippen LogP contribution < -0.4 is 0 Å². The van der Waals surface area contributed by atoms with Crippen molar-refractivity contribution >= 4 is 11.6 Å². The molecule has 0 radical (unpaired) electrons. The molecule has 0 saturated carbocycles. The van der Waals surface area contributed by atoms with Gasteiger partial charge in [0.1, 0.15) is 0 Å². The summed E-state index contributed by atoms with van der Waals surface area (Å²) in [5.41, 5.74) is 0.950. The number of benzene rings is 2. The third-order valence-electron chi connectivity index (χ3n) is 2.62. The smallest absolute Gasteiger partial charge is 0.196 e. The number of carbonyl (C=O) groups is 2. The van der Waals surface area contributed by atoms with Gasteiger partial charge in [0.2, 0.25) is 0 Å². The van der Waals surface area contributed by atoms with E-state index in [1.165, 1.54) is 0 Å². The molecule has 0 saturated heterocycles. The molecular weight excluding hydrogens is 224 g/mol. The Bertz CT molecular complexity index is 530. The quantitative estimate of drug-likeness (QED) is 0.353. The van der Waals surface area contributed by atoms with E-state index in [1.807, 2.05) is 12.1 Å². The number of carbonyl (C=O) groups excluding carboxylic acids is 2. The minimum atomic E-state index is -0.329. The Morgan fingerprint density at radius 3 is 1.33 bits per heavy atom. The first-order chi connectivity index (χ1) is 8.70. The van der Waals surface area contributed by atoms with Crippen molar-refractivity contribution in [2.24, 2.45) is 0 Å². The minimum Gasteiger partial charge on any atom is -0.288 e. The van der Waals surface area contributed by atoms with Gasteiger partial charge in [0.15, 0.2) is 11.6 Å². The third-order valence-corrected chi connectivity index (χ3v) is 2.62. The lowest BCUT2D eigenvalue weighted by Crippen LogP contribution is -2.12. The van der Waals surface area contributed by atoms with Crippen LogP contribution in [-0.4, -0.2) is 11.6 Å². The van der Waals surface area contributed by atoms with Gasteiger partial charge in [-0.25, -0.2) is 0 Å². The molecule has 0 heterocycles. The van der Waals surface area contributed by atoms with E-state index >= 15 is 0 Å². The predicted molar refractivity (Wildman–Crippen MR) is 70.7 cm³/mol. The van der Waals surface area contributed by atoms with E-state index in [1.54, 1.807) is 48.5 Å². The first kappa shape index (κ1) is 12.0. The van der Waals surface area contributed by atoms with E-state index in [0.29, 0.717) is 11.1 Å². The second kappa shape index (κ2) is 5.23. The summed E-state index contributed by atoms with van der Waals surface area (Å²) < 4.78 is 0. The summed E-state index contributed by atoms with van der Waals surface area (Å²) in [5, 5.41) is 0. The van der Waals surface area contributed by atoms with Gasteiger partial charge in [-0.05, 0) is 0 Å². The van der Waals surface area contributed by atoms with Crippen LogP contribution in [0.2, 0.25) is 0 Å². The molecule has 0 aromatic heterocycles. The summed E-state index contributed by atoms with van der Waals surface area (Å²) in [6.07, 6.45) is 0. The van der Waals surface area contributed by atoms with Crippen LogP contribution in [0, 0.1) is 0 Å². The molecular formula is C16H12O2. The van der Waals surface area contributed by atoms with Crippen LogP contribution in [-0.2, 0) is 0 Å². The van der Waals surface area contributed by atoms with Crippen LogP contribution in [0.15, 0.2) is 72.8 Å². The lowest BCUT2D eigenvalue weighted by atomic mass is 9.97. The van der Waals surface area contributed by atoms with E-state index in [2.05, 4.69) is 6.58 Å². The number of hydrogen-bond acceptors (Lipinski definition) is 2. The van der Waals surface area contributed by atoms with Crippen LogP contribution in [0.3, 0.4) is 0 Å². The molecule has 0 aliphatic rings. The van der Waals surface area contributed by atoms with Crippen molar-refractivity contribution in [3.05, 3.63) is 83.9 Å². The Kier molecular flexibility index (Phi) is 3.49. The number of hydrogen-bond donors (Lipinski definition) is 0. The molecule has 0 aliphatic heterocycles. The summed E-state index contributed by atoms with van der Waals surface area (Å²) in [7, 11) is 0. The minimum absolute atomic E-state index is 0.00704. The number of rotatable bonds is 4. The highest BCUT2D eigenvalue weighted by atomic mass is 16.1. The zero-order valence-electron chi connectivity index (χ0n) is 9.80. The third kappa shape index (κ3) is 2.43. The van der Waals surface area contributed by atoms with Crippen LogP contribution in [0.5, 0.6) is 0 Å². The molecule has 2 aromatic carbocycles. The Labute approximate surface area is 106 Å². The molecule has 18 heavy (non-hydrogen) atoms. The largest absolute Gasteiger partial charge is 0.288 e. The monoisotopic (exact) mass is 236 g/mol. The van der Waals surface area contributed by atoms with Crippen LogP contribution >= 0.6 is 0 Å². The van der Waals surface area contributed by atoms with Gasteiger partial charge in [-0.1, -0.05) is 67.2 Å². The Balaban J connectivity index is 2.23. The summed E-state index contributed by atoms with van der Waals surface area (Å²) in [5.74, 6) is -0.658. The van der Waals surface area contributed by atoms with E-state index < -0.39 is 0 Å². The average Bonchev–Trinajstić information content (AvgIpc) is 2.47. The van der Waals surface area contributed by atoms with Gasteiger partial charge < -0.3 is 0 Å². The fraction of sp³-hybridized carbons (Fsp3) is 0. The van der Waals surface area contributed by atoms with E-state index in [4.69, 9.17) is 0 Å². The molecule has 0 amide bonds. The van der Waals surface area contributed by atoms with Crippen molar-refractivity contribution in [1.82, 2.24) is 0 Å². The maximum absolute atomic E-state index is 12.0. The van der Waals surface area contributed by atoms with Gasteiger partial charge in [-0.15, -0.1) is 0 Å². The first-order valence-electron chi connectivity index (χ1n) is 5.58. The van der Waals surface area contributed by atoms with Gasteiger partial charge in [-0.2, -0.15) is 0 Å². The van der Waals surface area contributed by atoms with Gasteiger partial charge >= 0.3 is 0 Å². The van der Waals surface area contributed by atoms with Gasteiger partial charge in [-0.3, -0.25) is 9.59 Å². The summed E-state index contributed by atoms with van der Waals surface area (Å²) in [6, 6.07) is 17.4. The zero-order valence-corrected chi connectivity index (χ0v) is 9.80. The molecule has 0 atom stereocenters. The highest BCUT2D eigenvalue weighted by molar-refractivity contribution is 6.30. The number of allylic oxidation sites excluding steroid dienone is 1. The van der Waals surface area contributed by atoms with Crippen molar-refractivity contribution in [2.75, 3.05) is 0 Å². The molecule has 2 nitrogen and oxygen atoms in total. The predicted octanol–water partition coefficient (Wildman–Crippen LogP) is 3.31. The number of Topliss-reactive ketones (excluding diaryl/α,β-unsaturated/α-hetero) is 2. The SMILES string of the molecule is C=C(C(=O)c1ccccc1)C(=O)c1ccccc1. The maximum atomic E-state index is 12.0. The molecule has 88 valence electrons. The Hall–Kier alpha value is -2.48. The standard InChI is InChI=1S/C16H12O2/c1-12(15(17)13-8-4-2-5-9-13)16(18)14-10-6-3-7-11-14/h2-11H,1H2. The average molecular weight is 236 g/mol. The van der Waals surface area contributed by atoms with Crippen LogP contribution in [0.4, 0.5) is 0 Å². The molecule has 0 unspecified atom stereocenters. The van der Waals surface area contributed by atoms with Crippen molar-refractivity contribution in [2.45, 2.75) is 0 Å². The maximum Gasteiger partial charge on any atom is 0.196 e. The van der Waals surface area contributed by atoms with Gasteiger partial charge in [0.05, 0.1) is 5.57 Å². The van der Waals surface area contributed by atoms with Crippen LogP contribution in [0.25, 0.3) is 0 Å². The lowest BCUT2D eigenvalue weighted by Gasteiger charge is -2.04. The number of ketones is 2. The van der Waals surface area contributed by atoms with Crippen LogP contribution in [0.1, 0.15) is 20.7 Å². The van der Waals surface area contributed by atoms with E-state index in [-0.39, 0.29) is 17.1 Å². The van der Waals surface area contributed by atoms with Crippen molar-refractivity contribution in [1.29, 1.82) is 0 Å². The molecule has 0 N–H and O–H groups in total. The second-order valence-electron chi connectivity index (χ2n) is 3.87. The van der Waals surface area contributed by atoms with Crippen molar-refractivity contribution in [3.8, 4) is 0 Å². The topological polar surface area (TPSA) is 34.1 Å².